The molecule has 0 radical (unpaired) electrons. The summed E-state index contributed by atoms with van der Waals surface area (Å²) in [5, 5.41) is 0. The summed E-state index contributed by atoms with van der Waals surface area (Å²) in [6.07, 6.45) is 2.01. The van der Waals surface area contributed by atoms with Crippen molar-refractivity contribution in [2.75, 3.05) is 25.6 Å². The van der Waals surface area contributed by atoms with Crippen LogP contribution >= 0.6 is 0 Å². The second-order valence-corrected chi connectivity index (χ2v) is 5.95. The zero-order valence-corrected chi connectivity index (χ0v) is 12.8. The van der Waals surface area contributed by atoms with Crippen molar-refractivity contribution in [1.82, 2.24) is 0 Å². The number of nitrogens with zero attached hydrogens (tertiary/aromatic N) is 1. The van der Waals surface area contributed by atoms with Gasteiger partial charge in [-0.2, -0.15) is 0 Å². The number of carbonyl (C=O) groups excluding carboxylic acids is 1. The van der Waals surface area contributed by atoms with Gasteiger partial charge in [0.2, 0.25) is 0 Å². The van der Waals surface area contributed by atoms with Crippen LogP contribution in [0.25, 0.3) is 0 Å². The zero-order chi connectivity index (χ0) is 14.9. The molecule has 1 unspecified atom stereocenters. The van der Waals surface area contributed by atoms with E-state index in [9.17, 15) is 4.79 Å². The molecule has 0 spiro atoms. The van der Waals surface area contributed by atoms with E-state index < -0.39 is 5.54 Å². The highest BCUT2D eigenvalue weighted by molar-refractivity contribution is 5.82. The van der Waals surface area contributed by atoms with Crippen LogP contribution in [0.2, 0.25) is 0 Å². The van der Waals surface area contributed by atoms with Crippen LogP contribution in [0, 0.1) is 19.8 Å². The van der Waals surface area contributed by atoms with Gasteiger partial charge in [0.05, 0.1) is 7.11 Å². The first-order chi connectivity index (χ1) is 9.38. The normalized spacial score (nSPS) is 17.4. The summed E-state index contributed by atoms with van der Waals surface area (Å²) in [7, 11) is 3.38. The van der Waals surface area contributed by atoms with E-state index in [2.05, 4.69) is 36.9 Å². The third-order valence-electron chi connectivity index (χ3n) is 4.13. The van der Waals surface area contributed by atoms with Crippen LogP contribution in [0.15, 0.2) is 18.2 Å². The minimum Gasteiger partial charge on any atom is -0.468 e. The molecule has 4 nitrogen and oxygen atoms in total. The van der Waals surface area contributed by atoms with Gasteiger partial charge in [0.1, 0.15) is 5.54 Å². The number of anilines is 1. The number of benzene rings is 1. The molecule has 20 heavy (non-hydrogen) atoms. The fourth-order valence-electron chi connectivity index (χ4n) is 2.86. The second-order valence-electron chi connectivity index (χ2n) is 5.95. The number of carbonyl (C=O) groups is 1. The second kappa shape index (κ2) is 5.44. The average molecular weight is 276 g/mol. The first-order valence-corrected chi connectivity index (χ1v) is 7.04. The molecule has 1 fully saturated rings. The van der Waals surface area contributed by atoms with Gasteiger partial charge in [-0.3, -0.25) is 0 Å². The molecule has 110 valence electrons. The predicted molar refractivity (Wildman–Crippen MR) is 80.8 cm³/mol. The summed E-state index contributed by atoms with van der Waals surface area (Å²) < 4.78 is 4.91. The van der Waals surface area contributed by atoms with Crippen molar-refractivity contribution in [1.29, 1.82) is 0 Å². The lowest BCUT2D eigenvalue weighted by Gasteiger charge is -2.33. The van der Waals surface area contributed by atoms with Gasteiger partial charge in [0.25, 0.3) is 0 Å². The van der Waals surface area contributed by atoms with Crippen LogP contribution in [0.3, 0.4) is 0 Å². The molecule has 2 N–H and O–H groups in total. The Kier molecular flexibility index (Phi) is 4.04. The van der Waals surface area contributed by atoms with Crippen molar-refractivity contribution in [2.45, 2.75) is 32.2 Å². The van der Waals surface area contributed by atoms with Crippen molar-refractivity contribution in [3.8, 4) is 0 Å². The highest BCUT2D eigenvalue weighted by Crippen LogP contribution is 2.40. The lowest BCUT2D eigenvalue weighted by Crippen LogP contribution is -2.58. The number of hydrogen-bond donors (Lipinski definition) is 1. The molecule has 1 aliphatic carbocycles. The van der Waals surface area contributed by atoms with Gasteiger partial charge >= 0.3 is 5.97 Å². The van der Waals surface area contributed by atoms with Crippen molar-refractivity contribution in [3.05, 3.63) is 29.3 Å². The highest BCUT2D eigenvalue weighted by atomic mass is 16.5. The molecule has 1 atom stereocenters. The summed E-state index contributed by atoms with van der Waals surface area (Å²) >= 11 is 0. The van der Waals surface area contributed by atoms with Gasteiger partial charge in [-0.15, -0.1) is 0 Å². The van der Waals surface area contributed by atoms with E-state index in [0.29, 0.717) is 6.54 Å². The number of ether oxygens (including phenoxy) is 1. The number of aryl methyl sites for hydroxylation is 2. The Morgan fingerprint density at radius 3 is 2.60 bits per heavy atom. The van der Waals surface area contributed by atoms with Gasteiger partial charge < -0.3 is 15.4 Å². The molecule has 0 aliphatic heterocycles. The lowest BCUT2D eigenvalue weighted by molar-refractivity contribution is -0.147. The Morgan fingerprint density at radius 1 is 1.45 bits per heavy atom. The summed E-state index contributed by atoms with van der Waals surface area (Å²) in [4.78, 5) is 14.1. The number of methoxy groups -OCH3 is 1. The van der Waals surface area contributed by atoms with Crippen LogP contribution in [-0.2, 0) is 9.53 Å². The van der Waals surface area contributed by atoms with Crippen LogP contribution < -0.4 is 10.6 Å². The van der Waals surface area contributed by atoms with E-state index in [0.717, 1.165) is 18.5 Å². The monoisotopic (exact) mass is 276 g/mol. The van der Waals surface area contributed by atoms with Gasteiger partial charge in [0.15, 0.2) is 0 Å². The fraction of sp³-hybridized carbons (Fsp3) is 0.562. The maximum absolute atomic E-state index is 12.0. The zero-order valence-electron chi connectivity index (χ0n) is 12.8. The maximum Gasteiger partial charge on any atom is 0.327 e. The number of nitrogens with two attached hydrogens (primary N) is 1. The molecule has 1 aromatic carbocycles. The standard InChI is InChI=1S/C16H24N2O2/c1-11-5-8-14(12(2)9-11)18(3)10-16(17,13-6-7-13)15(19)20-4/h5,8-9,13H,6-7,10,17H2,1-4H3. The Labute approximate surface area is 120 Å². The Hall–Kier alpha value is -1.55. The van der Waals surface area contributed by atoms with Crippen LogP contribution in [0.4, 0.5) is 5.69 Å². The minimum atomic E-state index is -0.902. The molecule has 1 saturated carbocycles. The highest BCUT2D eigenvalue weighted by Gasteiger charge is 2.49. The number of rotatable bonds is 5. The largest absolute Gasteiger partial charge is 0.468 e. The number of esters is 1. The molecular weight excluding hydrogens is 252 g/mol. The summed E-state index contributed by atoms with van der Waals surface area (Å²) in [5.74, 6) is -0.0697. The Bertz CT molecular complexity index is 511. The molecule has 0 heterocycles. The quantitative estimate of drug-likeness (QED) is 0.836. The molecule has 0 amide bonds. The van der Waals surface area contributed by atoms with Gasteiger partial charge in [-0.25, -0.2) is 4.79 Å². The van der Waals surface area contributed by atoms with Crippen LogP contribution in [0.1, 0.15) is 24.0 Å². The third-order valence-corrected chi connectivity index (χ3v) is 4.13. The van der Waals surface area contributed by atoms with Gasteiger partial charge in [-0.05, 0) is 44.2 Å². The van der Waals surface area contributed by atoms with E-state index in [1.54, 1.807) is 0 Å². The van der Waals surface area contributed by atoms with Crippen molar-refractivity contribution in [2.24, 2.45) is 11.7 Å². The van der Waals surface area contributed by atoms with E-state index in [1.165, 1.54) is 18.2 Å². The molecule has 0 aromatic heterocycles. The average Bonchev–Trinajstić information content (AvgIpc) is 3.21. The molecule has 1 aromatic rings. The first-order valence-electron chi connectivity index (χ1n) is 7.04. The summed E-state index contributed by atoms with van der Waals surface area (Å²) in [5.41, 5.74) is 8.98. The van der Waals surface area contributed by atoms with E-state index in [-0.39, 0.29) is 11.9 Å². The lowest BCUT2D eigenvalue weighted by atomic mass is 9.93. The maximum atomic E-state index is 12.0. The van der Waals surface area contributed by atoms with E-state index in [4.69, 9.17) is 10.5 Å². The molecular formula is C16H24N2O2. The number of hydrogen-bond acceptors (Lipinski definition) is 4. The number of likely N-dealkylation sites (N-methyl/N-ethyl adjacent to an activating group) is 1. The molecule has 0 saturated heterocycles. The van der Waals surface area contributed by atoms with E-state index in [1.807, 2.05) is 7.05 Å². The van der Waals surface area contributed by atoms with Crippen LogP contribution in [-0.4, -0.2) is 32.2 Å². The topological polar surface area (TPSA) is 55.6 Å². The smallest absolute Gasteiger partial charge is 0.327 e. The molecule has 0 bridgehead atoms. The minimum absolute atomic E-state index is 0.239. The Morgan fingerprint density at radius 2 is 2.10 bits per heavy atom. The predicted octanol–water partition coefficient (Wildman–Crippen LogP) is 2.02. The van der Waals surface area contributed by atoms with Crippen molar-refractivity contribution < 1.29 is 9.53 Å². The molecule has 2 rings (SSSR count). The summed E-state index contributed by atoms with van der Waals surface area (Å²) in [6.45, 7) is 4.63. The molecule has 1 aliphatic rings. The van der Waals surface area contributed by atoms with Crippen LogP contribution in [0.5, 0.6) is 0 Å². The fourth-order valence-corrected chi connectivity index (χ4v) is 2.86. The SMILES string of the molecule is COC(=O)C(N)(CN(C)c1ccc(C)cc1C)C1CC1. The molecule has 4 heteroatoms. The Balaban J connectivity index is 2.20. The third kappa shape index (κ3) is 2.80. The van der Waals surface area contributed by atoms with Gasteiger partial charge in [-0.1, -0.05) is 17.7 Å². The first kappa shape index (κ1) is 14.9. The van der Waals surface area contributed by atoms with Crippen molar-refractivity contribution >= 4 is 11.7 Å². The van der Waals surface area contributed by atoms with Gasteiger partial charge in [0, 0.05) is 19.3 Å². The summed E-state index contributed by atoms with van der Waals surface area (Å²) in [6, 6.07) is 6.29. The van der Waals surface area contributed by atoms with E-state index >= 15 is 0 Å². The van der Waals surface area contributed by atoms with Crippen molar-refractivity contribution in [3.63, 3.8) is 0 Å².